The summed E-state index contributed by atoms with van der Waals surface area (Å²) < 4.78 is 43.2. The van der Waals surface area contributed by atoms with Crippen LogP contribution in [0, 0.1) is 5.82 Å². The predicted octanol–water partition coefficient (Wildman–Crippen LogP) is 5.30. The summed E-state index contributed by atoms with van der Waals surface area (Å²) in [6.07, 6.45) is 0. The minimum atomic E-state index is -4.12. The van der Waals surface area contributed by atoms with Gasteiger partial charge in [-0.15, -0.1) is 0 Å². The fraction of sp³-hybridized carbons (Fsp3) is 0.174. The van der Waals surface area contributed by atoms with E-state index in [1.165, 1.54) is 6.07 Å². The van der Waals surface area contributed by atoms with E-state index in [1.54, 1.807) is 47.4 Å². The van der Waals surface area contributed by atoms with Crippen LogP contribution in [0.15, 0.2) is 77.7 Å². The first kappa shape index (κ1) is 22.8. The van der Waals surface area contributed by atoms with Crippen molar-refractivity contribution < 1.29 is 21.8 Å². The van der Waals surface area contributed by atoms with Crippen molar-refractivity contribution in [2.24, 2.45) is 0 Å². The highest BCUT2D eigenvalue weighted by atomic mass is 35.5. The molecule has 0 N–H and O–H groups in total. The molecule has 0 unspecified atom stereocenters. The summed E-state index contributed by atoms with van der Waals surface area (Å²) in [4.78, 5) is 14.5. The normalized spacial score (nSPS) is 11.4. The zero-order valence-electron chi connectivity index (χ0n) is 17.0. The Kier molecular flexibility index (Phi) is 6.97. The number of nitrogens with zero attached hydrogens (tertiary/aromatic N) is 1. The van der Waals surface area contributed by atoms with Crippen molar-refractivity contribution in [2.75, 3.05) is 0 Å². The van der Waals surface area contributed by atoms with Crippen LogP contribution in [0.5, 0.6) is 5.75 Å². The van der Waals surface area contributed by atoms with Crippen LogP contribution >= 0.6 is 11.6 Å². The van der Waals surface area contributed by atoms with E-state index in [9.17, 15) is 17.6 Å². The number of amides is 1. The van der Waals surface area contributed by atoms with Crippen LogP contribution < -0.4 is 4.18 Å². The van der Waals surface area contributed by atoms with Gasteiger partial charge in [0, 0.05) is 12.6 Å². The average Bonchev–Trinajstić information content (AvgIpc) is 2.72. The van der Waals surface area contributed by atoms with Gasteiger partial charge in [-0.2, -0.15) is 8.42 Å². The topological polar surface area (TPSA) is 63.7 Å². The Morgan fingerprint density at radius 1 is 1.03 bits per heavy atom. The second-order valence-electron chi connectivity index (χ2n) is 7.15. The summed E-state index contributed by atoms with van der Waals surface area (Å²) in [5.41, 5.74) is 1.07. The monoisotopic (exact) mass is 461 g/mol. The van der Waals surface area contributed by atoms with E-state index in [4.69, 9.17) is 15.8 Å². The van der Waals surface area contributed by atoms with Gasteiger partial charge in [-0.3, -0.25) is 4.79 Å². The molecule has 3 aromatic carbocycles. The Labute approximate surface area is 186 Å². The van der Waals surface area contributed by atoms with Crippen molar-refractivity contribution in [2.45, 2.75) is 31.3 Å². The van der Waals surface area contributed by atoms with Crippen molar-refractivity contribution in [3.63, 3.8) is 0 Å². The molecular formula is C23H21ClFNO4S. The molecule has 0 saturated carbocycles. The van der Waals surface area contributed by atoms with E-state index >= 15 is 0 Å². The van der Waals surface area contributed by atoms with Crippen molar-refractivity contribution in [1.29, 1.82) is 0 Å². The van der Waals surface area contributed by atoms with Gasteiger partial charge in [0.15, 0.2) is 0 Å². The number of benzene rings is 3. The molecule has 0 aliphatic rings. The maximum absolute atomic E-state index is 13.1. The Bertz CT molecular complexity index is 1180. The molecule has 0 bridgehead atoms. The molecule has 5 nitrogen and oxygen atoms in total. The quantitative estimate of drug-likeness (QED) is 0.448. The van der Waals surface area contributed by atoms with Crippen molar-refractivity contribution in [3.8, 4) is 5.75 Å². The first-order chi connectivity index (χ1) is 14.7. The molecule has 0 aromatic heterocycles. The van der Waals surface area contributed by atoms with Gasteiger partial charge in [0.05, 0.1) is 10.6 Å². The summed E-state index contributed by atoms with van der Waals surface area (Å²) in [7, 11) is -4.12. The number of carbonyl (C=O) groups excluding carboxylic acids is 1. The summed E-state index contributed by atoms with van der Waals surface area (Å²) in [5, 5.41) is 0.362. The number of hydrogen-bond donors (Lipinski definition) is 0. The van der Waals surface area contributed by atoms with E-state index in [0.29, 0.717) is 16.1 Å². The SMILES string of the molecule is CC(C)N(Cc1cccc(OS(=O)(=O)c2ccc(F)cc2)c1)C(=O)c1ccccc1Cl. The number of halogens is 2. The van der Waals surface area contributed by atoms with Gasteiger partial charge in [0.1, 0.15) is 16.5 Å². The van der Waals surface area contributed by atoms with E-state index in [-0.39, 0.29) is 29.1 Å². The largest absolute Gasteiger partial charge is 0.379 e. The van der Waals surface area contributed by atoms with Gasteiger partial charge in [-0.1, -0.05) is 35.9 Å². The second kappa shape index (κ2) is 9.49. The Hall–Kier alpha value is -2.90. The van der Waals surface area contributed by atoms with Crippen molar-refractivity contribution in [3.05, 3.63) is 94.8 Å². The maximum Gasteiger partial charge on any atom is 0.339 e. The zero-order valence-corrected chi connectivity index (χ0v) is 18.5. The van der Waals surface area contributed by atoms with Crippen LogP contribution in [0.4, 0.5) is 4.39 Å². The molecule has 0 aliphatic carbocycles. The van der Waals surface area contributed by atoms with E-state index in [0.717, 1.165) is 24.3 Å². The Morgan fingerprint density at radius 3 is 2.35 bits per heavy atom. The molecule has 0 aliphatic heterocycles. The van der Waals surface area contributed by atoms with Gasteiger partial charge in [0.2, 0.25) is 0 Å². The first-order valence-corrected chi connectivity index (χ1v) is 11.3. The van der Waals surface area contributed by atoms with Crippen LogP contribution in [-0.4, -0.2) is 25.3 Å². The zero-order chi connectivity index (χ0) is 22.6. The molecule has 0 atom stereocenters. The van der Waals surface area contributed by atoms with Gasteiger partial charge in [-0.05, 0) is 67.9 Å². The standard InChI is InChI=1S/C23H21ClFNO4S/c1-16(2)26(23(27)21-8-3-4-9-22(21)24)15-17-6-5-7-19(14-17)30-31(28,29)20-12-10-18(25)11-13-20/h3-14,16H,15H2,1-2H3. The van der Waals surface area contributed by atoms with Gasteiger partial charge >= 0.3 is 10.1 Å². The second-order valence-corrected chi connectivity index (χ2v) is 9.10. The van der Waals surface area contributed by atoms with E-state index in [2.05, 4.69) is 0 Å². The Balaban J connectivity index is 1.82. The lowest BCUT2D eigenvalue weighted by Gasteiger charge is -2.27. The molecule has 3 aromatic rings. The summed E-state index contributed by atoms with van der Waals surface area (Å²) in [6, 6.07) is 17.5. The third-order valence-corrected chi connectivity index (χ3v) is 6.14. The van der Waals surface area contributed by atoms with E-state index < -0.39 is 15.9 Å². The minimum absolute atomic E-state index is 0.0933. The van der Waals surface area contributed by atoms with Crippen LogP contribution in [0.2, 0.25) is 5.02 Å². The Morgan fingerprint density at radius 2 is 1.71 bits per heavy atom. The van der Waals surface area contributed by atoms with Crippen LogP contribution in [-0.2, 0) is 16.7 Å². The molecule has 0 spiro atoms. The summed E-state index contributed by atoms with van der Waals surface area (Å²) in [5.74, 6) is -0.681. The lowest BCUT2D eigenvalue weighted by atomic mass is 10.1. The first-order valence-electron chi connectivity index (χ1n) is 9.52. The number of hydrogen-bond acceptors (Lipinski definition) is 4. The highest BCUT2D eigenvalue weighted by Gasteiger charge is 2.22. The van der Waals surface area contributed by atoms with Gasteiger partial charge in [0.25, 0.3) is 5.91 Å². The fourth-order valence-corrected chi connectivity index (χ4v) is 4.09. The lowest BCUT2D eigenvalue weighted by molar-refractivity contribution is 0.0690. The third kappa shape index (κ3) is 5.62. The highest BCUT2D eigenvalue weighted by Crippen LogP contribution is 2.23. The fourth-order valence-electron chi connectivity index (χ4n) is 2.95. The molecule has 3 rings (SSSR count). The van der Waals surface area contributed by atoms with Crippen molar-refractivity contribution in [1.82, 2.24) is 4.90 Å². The van der Waals surface area contributed by atoms with Crippen molar-refractivity contribution >= 4 is 27.6 Å². The molecule has 162 valence electrons. The molecular weight excluding hydrogens is 441 g/mol. The average molecular weight is 462 g/mol. The van der Waals surface area contributed by atoms with E-state index in [1.807, 2.05) is 13.8 Å². The lowest BCUT2D eigenvalue weighted by Crippen LogP contribution is -2.36. The molecule has 0 radical (unpaired) electrons. The molecule has 0 heterocycles. The molecule has 0 saturated heterocycles. The molecule has 0 fully saturated rings. The maximum atomic E-state index is 13.1. The predicted molar refractivity (Wildman–Crippen MR) is 117 cm³/mol. The molecule has 8 heteroatoms. The van der Waals surface area contributed by atoms with Crippen LogP contribution in [0.1, 0.15) is 29.8 Å². The van der Waals surface area contributed by atoms with Gasteiger partial charge < -0.3 is 9.08 Å². The minimum Gasteiger partial charge on any atom is -0.379 e. The molecule has 31 heavy (non-hydrogen) atoms. The third-order valence-electron chi connectivity index (χ3n) is 4.55. The smallest absolute Gasteiger partial charge is 0.339 e. The van der Waals surface area contributed by atoms with Gasteiger partial charge in [-0.25, -0.2) is 4.39 Å². The number of carbonyl (C=O) groups is 1. The van der Waals surface area contributed by atoms with Crippen LogP contribution in [0.25, 0.3) is 0 Å². The summed E-state index contributed by atoms with van der Waals surface area (Å²) >= 11 is 6.18. The van der Waals surface area contributed by atoms with Crippen LogP contribution in [0.3, 0.4) is 0 Å². The summed E-state index contributed by atoms with van der Waals surface area (Å²) in [6.45, 7) is 4.00. The molecule has 1 amide bonds. The number of rotatable bonds is 7. The highest BCUT2D eigenvalue weighted by molar-refractivity contribution is 7.87.